The molecule has 1 aromatic carbocycles. The van der Waals surface area contributed by atoms with Crippen LogP contribution in [0.2, 0.25) is 0 Å². The first-order valence-electron chi connectivity index (χ1n) is 5.40. The molecule has 1 unspecified atom stereocenters. The molecule has 0 aliphatic heterocycles. The van der Waals surface area contributed by atoms with Gasteiger partial charge < -0.3 is 19.1 Å². The molecule has 1 rings (SSSR count). The summed E-state index contributed by atoms with van der Waals surface area (Å²) in [4.78, 5) is 23.0. The quantitative estimate of drug-likeness (QED) is 0.361. The second-order valence-corrected chi connectivity index (χ2v) is 6.22. The average molecular weight is 319 g/mol. The SMILES string of the molecule is COP(=O)(OC)C(NC(=O)S)C(=O)Oc1ccccc1. The third-order valence-corrected chi connectivity index (χ3v) is 4.39. The second kappa shape index (κ2) is 7.44. The minimum absolute atomic E-state index is 0.231. The first-order valence-corrected chi connectivity index (χ1v) is 7.46. The lowest BCUT2D eigenvalue weighted by Gasteiger charge is -2.22. The summed E-state index contributed by atoms with van der Waals surface area (Å²) in [6, 6.07) is 8.10. The highest BCUT2D eigenvalue weighted by Crippen LogP contribution is 2.50. The number of para-hydroxylation sites is 1. The van der Waals surface area contributed by atoms with Crippen molar-refractivity contribution in [2.24, 2.45) is 0 Å². The number of carbonyl (C=O) groups excluding carboxylic acids is 2. The number of nitrogens with one attached hydrogen (secondary N) is 1. The van der Waals surface area contributed by atoms with Gasteiger partial charge in [-0.05, 0) is 12.1 Å². The number of hydrogen-bond donors (Lipinski definition) is 2. The van der Waals surface area contributed by atoms with E-state index in [2.05, 4.69) is 17.9 Å². The Morgan fingerprint density at radius 3 is 2.20 bits per heavy atom. The summed E-state index contributed by atoms with van der Waals surface area (Å²) in [5.74, 6) is -2.36. The predicted octanol–water partition coefficient (Wildman–Crippen LogP) is 2.04. The molecule has 0 aromatic heterocycles. The van der Waals surface area contributed by atoms with Crippen LogP contribution in [0.1, 0.15) is 0 Å². The zero-order chi connectivity index (χ0) is 15.2. The van der Waals surface area contributed by atoms with E-state index in [-0.39, 0.29) is 5.75 Å². The number of hydrogen-bond acceptors (Lipinski definition) is 6. The second-order valence-electron chi connectivity index (χ2n) is 3.49. The van der Waals surface area contributed by atoms with Gasteiger partial charge in [-0.2, -0.15) is 0 Å². The maximum absolute atomic E-state index is 12.2. The Hall–Kier alpha value is -1.34. The highest BCUT2D eigenvalue weighted by atomic mass is 32.1. The standard InChI is InChI=1S/C11H14NO6PS/c1-16-19(15,17-2)9(12-11(14)20)10(13)18-8-6-4-3-5-7-8/h3-7,9H,1-2H3,(H2,12,14,20). The molecule has 0 bridgehead atoms. The van der Waals surface area contributed by atoms with Gasteiger partial charge in [-0.3, -0.25) is 9.36 Å². The lowest BCUT2D eigenvalue weighted by atomic mass is 10.3. The molecule has 0 aliphatic rings. The predicted molar refractivity (Wildman–Crippen MR) is 75.0 cm³/mol. The van der Waals surface area contributed by atoms with Gasteiger partial charge in [-0.25, -0.2) is 4.79 Å². The van der Waals surface area contributed by atoms with Crippen LogP contribution in [0, 0.1) is 0 Å². The number of benzene rings is 1. The van der Waals surface area contributed by atoms with E-state index in [0.717, 1.165) is 14.2 Å². The molecule has 0 spiro atoms. The van der Waals surface area contributed by atoms with Crippen LogP contribution in [0.4, 0.5) is 4.79 Å². The van der Waals surface area contributed by atoms with Gasteiger partial charge in [0, 0.05) is 14.2 Å². The molecular formula is C11H14NO6PS. The number of amides is 1. The number of ether oxygens (including phenoxy) is 1. The van der Waals surface area contributed by atoms with Crippen molar-refractivity contribution in [2.45, 2.75) is 5.78 Å². The third-order valence-electron chi connectivity index (χ3n) is 2.27. The van der Waals surface area contributed by atoms with Crippen molar-refractivity contribution in [3.63, 3.8) is 0 Å². The topological polar surface area (TPSA) is 90.9 Å². The number of esters is 1. The van der Waals surface area contributed by atoms with Crippen molar-refractivity contribution in [3.8, 4) is 5.75 Å². The summed E-state index contributed by atoms with van der Waals surface area (Å²) >= 11 is 3.48. The summed E-state index contributed by atoms with van der Waals surface area (Å²) in [5.41, 5.74) is 0. The van der Waals surface area contributed by atoms with Crippen molar-refractivity contribution in [2.75, 3.05) is 14.2 Å². The van der Waals surface area contributed by atoms with E-state index in [1.54, 1.807) is 18.2 Å². The minimum Gasteiger partial charge on any atom is -0.425 e. The Kier molecular flexibility index (Phi) is 6.22. The molecule has 7 nitrogen and oxygen atoms in total. The molecular weight excluding hydrogens is 305 g/mol. The van der Waals surface area contributed by atoms with E-state index < -0.39 is 24.6 Å². The highest BCUT2D eigenvalue weighted by molar-refractivity contribution is 7.96. The Balaban J connectivity index is 2.96. The lowest BCUT2D eigenvalue weighted by molar-refractivity contribution is -0.134. The lowest BCUT2D eigenvalue weighted by Crippen LogP contribution is -2.41. The van der Waals surface area contributed by atoms with Crippen molar-refractivity contribution in [1.29, 1.82) is 0 Å². The van der Waals surface area contributed by atoms with Crippen LogP contribution in [-0.4, -0.2) is 31.2 Å². The van der Waals surface area contributed by atoms with Crippen molar-refractivity contribution < 1.29 is 27.9 Å². The number of rotatable bonds is 6. The smallest absolute Gasteiger partial charge is 0.363 e. The molecule has 0 radical (unpaired) electrons. The molecule has 0 heterocycles. The maximum Gasteiger partial charge on any atom is 0.363 e. The molecule has 20 heavy (non-hydrogen) atoms. The van der Waals surface area contributed by atoms with Gasteiger partial charge in [-0.1, -0.05) is 30.8 Å². The Morgan fingerprint density at radius 2 is 1.75 bits per heavy atom. The number of carbonyl (C=O) groups is 2. The minimum atomic E-state index is -3.89. The molecule has 0 saturated carbocycles. The summed E-state index contributed by atoms with van der Waals surface area (Å²) in [7, 11) is -1.70. The van der Waals surface area contributed by atoms with Gasteiger partial charge >= 0.3 is 13.6 Å². The van der Waals surface area contributed by atoms with Crippen molar-refractivity contribution in [1.82, 2.24) is 5.32 Å². The van der Waals surface area contributed by atoms with E-state index in [1.807, 2.05) is 0 Å². The summed E-state index contributed by atoms with van der Waals surface area (Å²) < 4.78 is 26.6. The number of thiol groups is 1. The van der Waals surface area contributed by atoms with Gasteiger partial charge in [0.2, 0.25) is 5.78 Å². The zero-order valence-electron chi connectivity index (χ0n) is 10.8. The van der Waals surface area contributed by atoms with Gasteiger partial charge in [-0.15, -0.1) is 0 Å². The molecule has 0 fully saturated rings. The fraction of sp³-hybridized carbons (Fsp3) is 0.273. The van der Waals surface area contributed by atoms with Crippen LogP contribution >= 0.6 is 20.2 Å². The van der Waals surface area contributed by atoms with Gasteiger partial charge in [0.05, 0.1) is 0 Å². The molecule has 0 saturated heterocycles. The monoisotopic (exact) mass is 319 g/mol. The summed E-state index contributed by atoms with van der Waals surface area (Å²) in [5, 5.41) is 1.21. The normalized spacial score (nSPS) is 12.6. The molecule has 9 heteroatoms. The maximum atomic E-state index is 12.2. The Morgan fingerprint density at radius 1 is 1.20 bits per heavy atom. The van der Waals surface area contributed by atoms with Gasteiger partial charge in [0.1, 0.15) is 5.75 Å². The van der Waals surface area contributed by atoms with Crippen LogP contribution in [-0.2, 0) is 18.4 Å². The Labute approximate surface area is 121 Å². The van der Waals surface area contributed by atoms with Crippen LogP contribution in [0.5, 0.6) is 5.75 Å². The van der Waals surface area contributed by atoms with Crippen LogP contribution in [0.25, 0.3) is 0 Å². The molecule has 1 aromatic rings. The van der Waals surface area contributed by atoms with E-state index in [0.29, 0.717) is 0 Å². The zero-order valence-corrected chi connectivity index (χ0v) is 12.6. The summed E-state index contributed by atoms with van der Waals surface area (Å²) in [6.45, 7) is 0. The molecule has 110 valence electrons. The molecule has 1 N–H and O–H groups in total. The molecule has 1 atom stereocenters. The van der Waals surface area contributed by atoms with E-state index >= 15 is 0 Å². The largest absolute Gasteiger partial charge is 0.425 e. The molecule has 0 aliphatic carbocycles. The fourth-order valence-electron chi connectivity index (χ4n) is 1.33. The van der Waals surface area contributed by atoms with E-state index in [1.165, 1.54) is 12.1 Å². The van der Waals surface area contributed by atoms with Gasteiger partial charge in [0.25, 0.3) is 5.24 Å². The first kappa shape index (κ1) is 16.7. The van der Waals surface area contributed by atoms with Crippen LogP contribution in [0.15, 0.2) is 30.3 Å². The van der Waals surface area contributed by atoms with Crippen molar-refractivity contribution >= 4 is 31.4 Å². The Bertz CT molecular complexity index is 515. The van der Waals surface area contributed by atoms with Crippen LogP contribution < -0.4 is 10.1 Å². The van der Waals surface area contributed by atoms with Gasteiger partial charge in [0.15, 0.2) is 0 Å². The van der Waals surface area contributed by atoms with E-state index in [4.69, 9.17) is 13.8 Å². The third kappa shape index (κ3) is 4.35. The molecule has 1 amide bonds. The average Bonchev–Trinajstić information content (AvgIpc) is 2.44. The van der Waals surface area contributed by atoms with Crippen LogP contribution in [0.3, 0.4) is 0 Å². The summed E-state index contributed by atoms with van der Waals surface area (Å²) in [6.07, 6.45) is 0. The highest BCUT2D eigenvalue weighted by Gasteiger charge is 2.42. The first-order chi connectivity index (χ1) is 9.42. The van der Waals surface area contributed by atoms with Crippen molar-refractivity contribution in [3.05, 3.63) is 30.3 Å². The van der Waals surface area contributed by atoms with E-state index in [9.17, 15) is 14.2 Å². The fourth-order valence-corrected chi connectivity index (χ4v) is 2.72.